The molecule has 0 N–H and O–H groups in total. The fraction of sp³-hybridized carbons (Fsp3) is 0.300. The molecule has 27 heavy (non-hydrogen) atoms. The molecule has 1 heterocycles. The lowest BCUT2D eigenvalue weighted by molar-refractivity contribution is 0.0993. The molecule has 7 heteroatoms. The average Bonchev–Trinajstić information content (AvgIpc) is 3.04. The largest absolute Gasteiger partial charge is 0.493 e. The number of amides is 1. The first-order valence-corrected chi connectivity index (χ1v) is 9.47. The third-order valence-electron chi connectivity index (χ3n) is 4.08. The van der Waals surface area contributed by atoms with E-state index in [1.165, 1.54) is 25.6 Å². The summed E-state index contributed by atoms with van der Waals surface area (Å²) in [4.78, 5) is 17.9. The highest BCUT2D eigenvalue weighted by Crippen LogP contribution is 2.31. The van der Waals surface area contributed by atoms with Crippen LogP contribution in [0.25, 0.3) is 10.2 Å². The van der Waals surface area contributed by atoms with Gasteiger partial charge in [0, 0.05) is 13.2 Å². The number of hydrogen-bond donors (Lipinski definition) is 0. The van der Waals surface area contributed by atoms with Crippen LogP contribution in [0.2, 0.25) is 0 Å². The zero-order valence-electron chi connectivity index (χ0n) is 15.6. The van der Waals surface area contributed by atoms with Crippen LogP contribution in [0.15, 0.2) is 47.5 Å². The number of carbonyl (C=O) groups is 1. The van der Waals surface area contributed by atoms with Crippen LogP contribution in [0, 0.1) is 0 Å². The first kappa shape index (κ1) is 19.1. The van der Waals surface area contributed by atoms with Crippen molar-refractivity contribution < 1.29 is 19.0 Å². The summed E-state index contributed by atoms with van der Waals surface area (Å²) in [6.07, 6.45) is 0. The second-order valence-corrected chi connectivity index (χ2v) is 6.67. The highest BCUT2D eigenvalue weighted by molar-refractivity contribution is 7.16. The van der Waals surface area contributed by atoms with Gasteiger partial charge in [-0.1, -0.05) is 29.5 Å². The molecule has 3 rings (SSSR count). The molecule has 0 aliphatic heterocycles. The Balaban J connectivity index is 2.07. The summed E-state index contributed by atoms with van der Waals surface area (Å²) in [7, 11) is 3.05. The standard InChI is InChI=1S/C20H22N2O4S/c1-4-26-13-12-22-15-9-5-6-11-17(15)27-20(22)21-19(23)14-8-7-10-16(24-2)18(14)25-3/h5-11H,4,12-13H2,1-3H3. The third-order valence-corrected chi connectivity index (χ3v) is 5.14. The molecule has 142 valence electrons. The van der Waals surface area contributed by atoms with Crippen molar-refractivity contribution in [2.45, 2.75) is 13.5 Å². The van der Waals surface area contributed by atoms with Gasteiger partial charge in [-0.15, -0.1) is 0 Å². The Bertz CT molecular complexity index is 1010. The summed E-state index contributed by atoms with van der Waals surface area (Å²) in [6.45, 7) is 3.79. The van der Waals surface area contributed by atoms with Gasteiger partial charge in [-0.2, -0.15) is 4.99 Å². The van der Waals surface area contributed by atoms with E-state index in [2.05, 4.69) is 4.99 Å². The molecular formula is C20H22N2O4S. The first-order valence-electron chi connectivity index (χ1n) is 8.65. The minimum absolute atomic E-state index is 0.366. The smallest absolute Gasteiger partial charge is 0.283 e. The fourth-order valence-corrected chi connectivity index (χ4v) is 3.88. The van der Waals surface area contributed by atoms with Gasteiger partial charge in [-0.25, -0.2) is 0 Å². The molecule has 3 aromatic rings. The van der Waals surface area contributed by atoms with E-state index in [0.29, 0.717) is 41.6 Å². The molecule has 1 aromatic heterocycles. The molecule has 0 saturated carbocycles. The molecule has 0 fully saturated rings. The maximum absolute atomic E-state index is 12.9. The van der Waals surface area contributed by atoms with Crippen LogP contribution < -0.4 is 14.3 Å². The van der Waals surface area contributed by atoms with Gasteiger partial charge in [0.15, 0.2) is 16.3 Å². The number of para-hydroxylation sites is 2. The van der Waals surface area contributed by atoms with Crippen LogP contribution >= 0.6 is 11.3 Å². The van der Waals surface area contributed by atoms with E-state index >= 15 is 0 Å². The monoisotopic (exact) mass is 386 g/mol. The summed E-state index contributed by atoms with van der Waals surface area (Å²) in [5.41, 5.74) is 1.40. The molecule has 0 bridgehead atoms. The molecule has 0 saturated heterocycles. The van der Waals surface area contributed by atoms with Crippen molar-refractivity contribution in [1.29, 1.82) is 0 Å². The van der Waals surface area contributed by atoms with Gasteiger partial charge < -0.3 is 18.8 Å². The number of aromatic nitrogens is 1. The quantitative estimate of drug-likeness (QED) is 0.583. The van der Waals surface area contributed by atoms with Crippen LogP contribution in [0.5, 0.6) is 11.5 Å². The summed E-state index contributed by atoms with van der Waals surface area (Å²) < 4.78 is 19.2. The zero-order chi connectivity index (χ0) is 19.2. The molecule has 0 aliphatic rings. The normalized spacial score (nSPS) is 11.7. The van der Waals surface area contributed by atoms with Gasteiger partial charge in [0.05, 0.1) is 36.6 Å². The number of carbonyl (C=O) groups excluding carboxylic acids is 1. The van der Waals surface area contributed by atoms with E-state index in [9.17, 15) is 4.79 Å². The summed E-state index contributed by atoms with van der Waals surface area (Å²) in [6, 6.07) is 13.2. The van der Waals surface area contributed by atoms with Crippen molar-refractivity contribution in [2.75, 3.05) is 27.4 Å². The molecule has 1 amide bonds. The summed E-state index contributed by atoms with van der Waals surface area (Å²) in [5.74, 6) is 0.511. The van der Waals surface area contributed by atoms with Crippen LogP contribution in [0.4, 0.5) is 0 Å². The van der Waals surface area contributed by atoms with Gasteiger partial charge in [0.2, 0.25) is 0 Å². The van der Waals surface area contributed by atoms with Gasteiger partial charge in [-0.3, -0.25) is 4.79 Å². The number of benzene rings is 2. The van der Waals surface area contributed by atoms with Crippen molar-refractivity contribution in [2.24, 2.45) is 4.99 Å². The van der Waals surface area contributed by atoms with Gasteiger partial charge >= 0.3 is 0 Å². The van der Waals surface area contributed by atoms with Crippen molar-refractivity contribution in [1.82, 2.24) is 4.57 Å². The van der Waals surface area contributed by atoms with E-state index < -0.39 is 0 Å². The minimum atomic E-state index is -0.373. The highest BCUT2D eigenvalue weighted by Gasteiger charge is 2.16. The molecule has 2 aromatic carbocycles. The number of nitrogens with zero attached hydrogens (tertiary/aromatic N) is 2. The molecule has 0 aliphatic carbocycles. The van der Waals surface area contributed by atoms with E-state index in [1.54, 1.807) is 18.2 Å². The summed E-state index contributed by atoms with van der Waals surface area (Å²) in [5, 5.41) is 0. The highest BCUT2D eigenvalue weighted by atomic mass is 32.1. The topological polar surface area (TPSA) is 62.1 Å². The van der Waals surface area contributed by atoms with E-state index in [-0.39, 0.29) is 5.91 Å². The molecular weight excluding hydrogens is 364 g/mol. The lowest BCUT2D eigenvalue weighted by Crippen LogP contribution is -2.20. The molecule has 0 spiro atoms. The van der Waals surface area contributed by atoms with Crippen LogP contribution in [0.1, 0.15) is 17.3 Å². The van der Waals surface area contributed by atoms with E-state index in [0.717, 1.165) is 10.2 Å². The van der Waals surface area contributed by atoms with Crippen molar-refractivity contribution >= 4 is 27.5 Å². The van der Waals surface area contributed by atoms with Crippen LogP contribution in [-0.4, -0.2) is 37.9 Å². The minimum Gasteiger partial charge on any atom is -0.493 e. The predicted octanol–water partition coefficient (Wildman–Crippen LogP) is 3.50. The van der Waals surface area contributed by atoms with E-state index in [4.69, 9.17) is 14.2 Å². The number of fused-ring (bicyclic) bond motifs is 1. The van der Waals surface area contributed by atoms with Crippen LogP contribution in [-0.2, 0) is 11.3 Å². The fourth-order valence-electron chi connectivity index (χ4n) is 2.83. The number of rotatable bonds is 7. The van der Waals surface area contributed by atoms with Gasteiger partial charge in [0.1, 0.15) is 0 Å². The number of methoxy groups -OCH3 is 2. The Hall–Kier alpha value is -2.64. The maximum atomic E-state index is 12.9. The predicted molar refractivity (Wildman–Crippen MR) is 106 cm³/mol. The first-order chi connectivity index (χ1) is 13.2. The van der Waals surface area contributed by atoms with Crippen molar-refractivity contribution in [3.8, 4) is 11.5 Å². The molecule has 0 radical (unpaired) electrons. The SMILES string of the molecule is CCOCCn1c(=NC(=O)c2cccc(OC)c2OC)sc2ccccc21. The van der Waals surface area contributed by atoms with Gasteiger partial charge in [-0.05, 0) is 31.2 Å². The maximum Gasteiger partial charge on any atom is 0.283 e. The Kier molecular flexibility index (Phi) is 6.26. The Labute approximate surface area is 161 Å². The lowest BCUT2D eigenvalue weighted by Gasteiger charge is -2.10. The molecule has 0 unspecified atom stereocenters. The second-order valence-electron chi connectivity index (χ2n) is 5.66. The third kappa shape index (κ3) is 4.04. The molecule has 0 atom stereocenters. The van der Waals surface area contributed by atoms with E-state index in [1.807, 2.05) is 35.8 Å². The van der Waals surface area contributed by atoms with Gasteiger partial charge in [0.25, 0.3) is 5.91 Å². The number of hydrogen-bond acceptors (Lipinski definition) is 5. The lowest BCUT2D eigenvalue weighted by atomic mass is 10.2. The second kappa shape index (κ2) is 8.83. The summed E-state index contributed by atoms with van der Waals surface area (Å²) >= 11 is 1.48. The number of ether oxygens (including phenoxy) is 3. The van der Waals surface area contributed by atoms with Crippen LogP contribution in [0.3, 0.4) is 0 Å². The number of thiazole rings is 1. The molecule has 6 nitrogen and oxygen atoms in total. The van der Waals surface area contributed by atoms with Crippen molar-refractivity contribution in [3.05, 3.63) is 52.8 Å². The Morgan fingerprint density at radius 1 is 1.11 bits per heavy atom. The average molecular weight is 386 g/mol. The Morgan fingerprint density at radius 3 is 2.67 bits per heavy atom. The Morgan fingerprint density at radius 2 is 1.93 bits per heavy atom. The zero-order valence-corrected chi connectivity index (χ0v) is 16.4. The van der Waals surface area contributed by atoms with Crippen molar-refractivity contribution in [3.63, 3.8) is 0 Å².